The van der Waals surface area contributed by atoms with Crippen LogP contribution in [0.25, 0.3) is 0 Å². The van der Waals surface area contributed by atoms with E-state index in [-0.39, 0.29) is 12.6 Å². The van der Waals surface area contributed by atoms with Crippen LogP contribution in [0.15, 0.2) is 18.3 Å². The molecule has 0 spiro atoms. The SMILES string of the molecule is NC(=O)c1cccnc1N1CCCCC1CCO. The first-order valence-corrected chi connectivity index (χ1v) is 6.36. The second-order valence-corrected chi connectivity index (χ2v) is 4.59. The number of pyridine rings is 1. The number of anilines is 1. The van der Waals surface area contributed by atoms with E-state index in [4.69, 9.17) is 10.8 Å². The van der Waals surface area contributed by atoms with Crippen molar-refractivity contribution in [3.8, 4) is 0 Å². The van der Waals surface area contributed by atoms with Crippen LogP contribution in [0.5, 0.6) is 0 Å². The molecule has 1 saturated heterocycles. The van der Waals surface area contributed by atoms with Crippen molar-refractivity contribution in [1.82, 2.24) is 4.98 Å². The first kappa shape index (κ1) is 12.8. The molecule has 2 rings (SSSR count). The lowest BCUT2D eigenvalue weighted by Crippen LogP contribution is -2.41. The van der Waals surface area contributed by atoms with Gasteiger partial charge in [-0.1, -0.05) is 0 Å². The minimum atomic E-state index is -0.452. The van der Waals surface area contributed by atoms with E-state index in [1.807, 2.05) is 0 Å². The third kappa shape index (κ3) is 2.61. The Hall–Kier alpha value is -1.62. The van der Waals surface area contributed by atoms with Gasteiger partial charge in [0.2, 0.25) is 0 Å². The number of aliphatic hydroxyl groups excluding tert-OH is 1. The molecule has 1 aromatic rings. The van der Waals surface area contributed by atoms with Gasteiger partial charge < -0.3 is 15.7 Å². The largest absolute Gasteiger partial charge is 0.396 e. The molecule has 98 valence electrons. The van der Waals surface area contributed by atoms with Crippen molar-refractivity contribution < 1.29 is 9.90 Å². The highest BCUT2D eigenvalue weighted by atomic mass is 16.3. The fraction of sp³-hybridized carbons (Fsp3) is 0.538. The molecule has 3 N–H and O–H groups in total. The van der Waals surface area contributed by atoms with Gasteiger partial charge in [0.05, 0.1) is 5.56 Å². The first-order valence-electron chi connectivity index (χ1n) is 6.36. The Balaban J connectivity index is 2.30. The molecule has 0 aromatic carbocycles. The maximum atomic E-state index is 11.4. The van der Waals surface area contributed by atoms with Crippen LogP contribution in [-0.4, -0.2) is 35.2 Å². The molecule has 0 bridgehead atoms. The summed E-state index contributed by atoms with van der Waals surface area (Å²) in [7, 11) is 0. The van der Waals surface area contributed by atoms with Gasteiger partial charge in [-0.25, -0.2) is 4.98 Å². The van der Waals surface area contributed by atoms with Crippen molar-refractivity contribution in [2.24, 2.45) is 5.73 Å². The Morgan fingerprint density at radius 2 is 2.39 bits per heavy atom. The van der Waals surface area contributed by atoms with Gasteiger partial charge in [-0.2, -0.15) is 0 Å². The van der Waals surface area contributed by atoms with Gasteiger partial charge in [0.1, 0.15) is 5.82 Å². The van der Waals surface area contributed by atoms with Gasteiger partial charge in [-0.05, 0) is 37.8 Å². The zero-order valence-electron chi connectivity index (χ0n) is 10.4. The number of amides is 1. The van der Waals surface area contributed by atoms with Crippen LogP contribution in [0.2, 0.25) is 0 Å². The Kier molecular flexibility index (Phi) is 4.15. The van der Waals surface area contributed by atoms with Crippen molar-refractivity contribution in [3.05, 3.63) is 23.9 Å². The lowest BCUT2D eigenvalue weighted by atomic mass is 9.99. The minimum absolute atomic E-state index is 0.153. The summed E-state index contributed by atoms with van der Waals surface area (Å²) < 4.78 is 0. The second-order valence-electron chi connectivity index (χ2n) is 4.59. The minimum Gasteiger partial charge on any atom is -0.396 e. The molecule has 1 amide bonds. The molecule has 1 aliphatic rings. The monoisotopic (exact) mass is 249 g/mol. The van der Waals surface area contributed by atoms with Crippen LogP contribution >= 0.6 is 0 Å². The molecular formula is C13H19N3O2. The molecule has 1 aliphatic heterocycles. The van der Waals surface area contributed by atoms with E-state index in [2.05, 4.69) is 9.88 Å². The molecule has 5 nitrogen and oxygen atoms in total. The third-order valence-electron chi connectivity index (χ3n) is 3.41. The number of aromatic nitrogens is 1. The molecule has 1 atom stereocenters. The van der Waals surface area contributed by atoms with Crippen LogP contribution in [0.1, 0.15) is 36.0 Å². The fourth-order valence-corrected chi connectivity index (χ4v) is 2.55. The molecular weight excluding hydrogens is 230 g/mol. The number of carbonyl (C=O) groups excluding carboxylic acids is 1. The van der Waals surface area contributed by atoms with Gasteiger partial charge in [0, 0.05) is 25.4 Å². The number of primary amides is 1. The van der Waals surface area contributed by atoms with E-state index in [9.17, 15) is 4.79 Å². The highest BCUT2D eigenvalue weighted by Gasteiger charge is 2.25. The average molecular weight is 249 g/mol. The summed E-state index contributed by atoms with van der Waals surface area (Å²) >= 11 is 0. The van der Waals surface area contributed by atoms with Gasteiger partial charge in [0.15, 0.2) is 0 Å². The lowest BCUT2D eigenvalue weighted by molar-refractivity contribution is 0.1000. The Bertz CT molecular complexity index is 420. The lowest BCUT2D eigenvalue weighted by Gasteiger charge is -2.37. The van der Waals surface area contributed by atoms with Crippen molar-refractivity contribution in [1.29, 1.82) is 0 Å². The van der Waals surface area contributed by atoms with E-state index in [0.29, 0.717) is 17.8 Å². The van der Waals surface area contributed by atoms with Crippen molar-refractivity contribution in [2.45, 2.75) is 31.7 Å². The van der Waals surface area contributed by atoms with Crippen LogP contribution in [0, 0.1) is 0 Å². The molecule has 1 unspecified atom stereocenters. The van der Waals surface area contributed by atoms with Gasteiger partial charge in [-0.3, -0.25) is 4.79 Å². The molecule has 1 fully saturated rings. The highest BCUT2D eigenvalue weighted by molar-refractivity contribution is 5.97. The van der Waals surface area contributed by atoms with E-state index in [0.717, 1.165) is 25.8 Å². The summed E-state index contributed by atoms with van der Waals surface area (Å²) in [5, 5.41) is 9.12. The van der Waals surface area contributed by atoms with Gasteiger partial charge in [-0.15, -0.1) is 0 Å². The second kappa shape index (κ2) is 5.82. The van der Waals surface area contributed by atoms with Crippen molar-refractivity contribution >= 4 is 11.7 Å². The van der Waals surface area contributed by atoms with E-state index >= 15 is 0 Å². The average Bonchev–Trinajstić information content (AvgIpc) is 2.40. The predicted molar refractivity (Wildman–Crippen MR) is 69.4 cm³/mol. The summed E-state index contributed by atoms with van der Waals surface area (Å²) in [4.78, 5) is 17.8. The Morgan fingerprint density at radius 1 is 1.56 bits per heavy atom. The molecule has 5 heteroatoms. The van der Waals surface area contributed by atoms with Gasteiger partial charge >= 0.3 is 0 Å². The number of hydrogen-bond acceptors (Lipinski definition) is 4. The maximum Gasteiger partial charge on any atom is 0.252 e. The summed E-state index contributed by atoms with van der Waals surface area (Å²) in [6.45, 7) is 1.02. The molecule has 2 heterocycles. The molecule has 0 aliphatic carbocycles. The van der Waals surface area contributed by atoms with E-state index in [1.54, 1.807) is 18.3 Å². The zero-order valence-corrected chi connectivity index (χ0v) is 10.4. The fourth-order valence-electron chi connectivity index (χ4n) is 2.55. The quantitative estimate of drug-likeness (QED) is 0.831. The summed E-state index contributed by atoms with van der Waals surface area (Å²) in [6.07, 6.45) is 5.63. The molecule has 1 aromatic heterocycles. The van der Waals surface area contributed by atoms with Crippen LogP contribution < -0.4 is 10.6 Å². The standard InChI is InChI=1S/C13H19N3O2/c14-12(18)11-5-3-7-15-13(11)16-8-2-1-4-10(16)6-9-17/h3,5,7,10,17H,1-2,4,6,8-9H2,(H2,14,18). The van der Waals surface area contributed by atoms with Crippen LogP contribution in [-0.2, 0) is 0 Å². The zero-order chi connectivity index (χ0) is 13.0. The topological polar surface area (TPSA) is 79.5 Å². The first-order chi connectivity index (χ1) is 8.74. The van der Waals surface area contributed by atoms with Crippen LogP contribution in [0.4, 0.5) is 5.82 Å². The molecule has 18 heavy (non-hydrogen) atoms. The number of nitrogens with zero attached hydrogens (tertiary/aromatic N) is 2. The summed E-state index contributed by atoms with van der Waals surface area (Å²) in [5.41, 5.74) is 5.85. The third-order valence-corrected chi connectivity index (χ3v) is 3.41. The Morgan fingerprint density at radius 3 is 3.11 bits per heavy atom. The maximum absolute atomic E-state index is 11.4. The van der Waals surface area contributed by atoms with Crippen molar-refractivity contribution in [3.63, 3.8) is 0 Å². The van der Waals surface area contributed by atoms with Gasteiger partial charge in [0.25, 0.3) is 5.91 Å². The molecule has 0 saturated carbocycles. The van der Waals surface area contributed by atoms with E-state index < -0.39 is 5.91 Å². The summed E-state index contributed by atoms with van der Waals surface area (Å²) in [6, 6.07) is 3.67. The van der Waals surface area contributed by atoms with Crippen LogP contribution in [0.3, 0.4) is 0 Å². The smallest absolute Gasteiger partial charge is 0.252 e. The number of hydrogen-bond donors (Lipinski definition) is 2. The normalized spacial score (nSPS) is 19.8. The summed E-state index contributed by atoms with van der Waals surface area (Å²) in [5.74, 6) is 0.203. The number of piperidine rings is 1. The number of carbonyl (C=O) groups is 1. The van der Waals surface area contributed by atoms with Crippen molar-refractivity contribution in [2.75, 3.05) is 18.1 Å². The highest BCUT2D eigenvalue weighted by Crippen LogP contribution is 2.27. The number of aliphatic hydroxyl groups is 1. The number of rotatable bonds is 4. The Labute approximate surface area is 107 Å². The van der Waals surface area contributed by atoms with E-state index in [1.165, 1.54) is 0 Å². The number of nitrogens with two attached hydrogens (primary N) is 1. The molecule has 0 radical (unpaired) electrons. The predicted octanol–water partition coefficient (Wildman–Crippen LogP) is 0.922.